The third-order valence-electron chi connectivity index (χ3n) is 2.39. The van der Waals surface area contributed by atoms with Crippen LogP contribution in [0, 0.1) is 13.8 Å². The second-order valence-corrected chi connectivity index (χ2v) is 3.23. The molecule has 2 aromatic rings. The second-order valence-electron chi connectivity index (χ2n) is 3.23. The molecule has 0 fully saturated rings. The summed E-state index contributed by atoms with van der Waals surface area (Å²) in [5.41, 5.74) is 1.61. The summed E-state index contributed by atoms with van der Waals surface area (Å²) in [6, 6.07) is 7.51. The van der Waals surface area contributed by atoms with Gasteiger partial charge in [-0.15, -0.1) is 0 Å². The third kappa shape index (κ3) is 1.18. The van der Waals surface area contributed by atoms with Crippen LogP contribution in [0.5, 0.6) is 0 Å². The van der Waals surface area contributed by atoms with Crippen molar-refractivity contribution < 1.29 is 9.62 Å². The van der Waals surface area contributed by atoms with E-state index in [-0.39, 0.29) is 0 Å². The lowest BCUT2D eigenvalue weighted by Gasteiger charge is -2.03. The molecule has 0 saturated heterocycles. The van der Waals surface area contributed by atoms with Crippen LogP contribution in [0.3, 0.4) is 0 Å². The summed E-state index contributed by atoms with van der Waals surface area (Å²) in [7, 11) is 0. The first-order valence-electron chi connectivity index (χ1n) is 4.41. The van der Waals surface area contributed by atoms with Crippen molar-refractivity contribution in [2.45, 2.75) is 13.8 Å². The van der Waals surface area contributed by atoms with Gasteiger partial charge in [0, 0.05) is 10.9 Å². The molecule has 3 nitrogen and oxygen atoms in total. The molecular formula is C11H11NO2. The molecule has 0 amide bonds. The number of para-hydroxylation sites is 1. The molecule has 0 aliphatic heterocycles. The Morgan fingerprint density at radius 3 is 2.64 bits per heavy atom. The van der Waals surface area contributed by atoms with Gasteiger partial charge in [-0.2, -0.15) is 0 Å². The summed E-state index contributed by atoms with van der Waals surface area (Å²) < 4.78 is 5.56. The number of hydrogen-bond acceptors (Lipinski definition) is 3. The molecule has 2 rings (SSSR count). The maximum absolute atomic E-state index is 8.92. The van der Waals surface area contributed by atoms with Gasteiger partial charge in [-0.3, -0.25) is 0 Å². The molecule has 1 aromatic heterocycles. The molecule has 0 aliphatic carbocycles. The van der Waals surface area contributed by atoms with Crippen molar-refractivity contribution in [2.24, 2.45) is 5.16 Å². The number of hydrogen-bond donors (Lipinski definition) is 1. The highest BCUT2D eigenvalue weighted by atomic mass is 16.4. The maximum atomic E-state index is 8.92. The highest BCUT2D eigenvalue weighted by Crippen LogP contribution is 2.13. The van der Waals surface area contributed by atoms with Gasteiger partial charge in [0.2, 0.25) is 0 Å². The highest BCUT2D eigenvalue weighted by Gasteiger charge is 2.04. The van der Waals surface area contributed by atoms with E-state index < -0.39 is 0 Å². The average molecular weight is 189 g/mol. The first-order chi connectivity index (χ1) is 6.74. The predicted octanol–water partition coefficient (Wildman–Crippen LogP) is 2.34. The van der Waals surface area contributed by atoms with Gasteiger partial charge >= 0.3 is 0 Å². The van der Waals surface area contributed by atoms with Crippen molar-refractivity contribution in [3.8, 4) is 0 Å². The monoisotopic (exact) mass is 189 g/mol. The molecule has 1 heterocycles. The van der Waals surface area contributed by atoms with Crippen molar-refractivity contribution in [1.82, 2.24) is 0 Å². The Hall–Kier alpha value is -1.77. The molecule has 1 aromatic carbocycles. The molecule has 14 heavy (non-hydrogen) atoms. The number of rotatable bonds is 0. The zero-order valence-electron chi connectivity index (χ0n) is 8.11. The SMILES string of the molecule is Cc1oc2ccccc2c(=NO)c1C. The first kappa shape index (κ1) is 8.81. The van der Waals surface area contributed by atoms with Crippen LogP contribution in [0.1, 0.15) is 11.3 Å². The van der Waals surface area contributed by atoms with Crippen LogP contribution in [0.4, 0.5) is 0 Å². The van der Waals surface area contributed by atoms with E-state index in [4.69, 9.17) is 9.62 Å². The molecule has 0 spiro atoms. The van der Waals surface area contributed by atoms with Crippen LogP contribution in [0.2, 0.25) is 0 Å². The van der Waals surface area contributed by atoms with E-state index in [1.807, 2.05) is 38.1 Å². The van der Waals surface area contributed by atoms with E-state index in [0.29, 0.717) is 5.36 Å². The fourth-order valence-electron chi connectivity index (χ4n) is 1.49. The Bertz CT molecular complexity index is 540. The quantitative estimate of drug-likeness (QED) is 0.510. The molecule has 0 aliphatic rings. The smallest absolute Gasteiger partial charge is 0.136 e. The molecule has 72 valence electrons. The first-order valence-corrected chi connectivity index (χ1v) is 4.41. The number of benzene rings is 1. The van der Waals surface area contributed by atoms with Gasteiger partial charge in [0.25, 0.3) is 0 Å². The Labute approximate surface area is 81.3 Å². The predicted molar refractivity (Wildman–Crippen MR) is 53.0 cm³/mol. The molecule has 0 unspecified atom stereocenters. The molecule has 1 N–H and O–H groups in total. The van der Waals surface area contributed by atoms with Crippen LogP contribution in [-0.2, 0) is 0 Å². The van der Waals surface area contributed by atoms with Crippen LogP contribution < -0.4 is 5.36 Å². The summed E-state index contributed by atoms with van der Waals surface area (Å²) in [5, 5.41) is 13.6. The Morgan fingerprint density at radius 2 is 1.93 bits per heavy atom. The average Bonchev–Trinajstić information content (AvgIpc) is 2.20. The van der Waals surface area contributed by atoms with E-state index in [0.717, 1.165) is 22.3 Å². The standard InChI is InChI=1S/C11H11NO2/c1-7-8(2)14-10-6-4-3-5-9(10)11(7)12-13/h3-6,13H,1-2H3. The fourth-order valence-corrected chi connectivity index (χ4v) is 1.49. The minimum atomic E-state index is 0.587. The van der Waals surface area contributed by atoms with Gasteiger partial charge in [-0.25, -0.2) is 0 Å². The summed E-state index contributed by atoms with van der Waals surface area (Å²) in [5.74, 6) is 0.775. The summed E-state index contributed by atoms with van der Waals surface area (Å²) >= 11 is 0. The van der Waals surface area contributed by atoms with Crippen molar-refractivity contribution >= 4 is 11.0 Å². The van der Waals surface area contributed by atoms with E-state index in [1.165, 1.54) is 0 Å². The molecule has 0 atom stereocenters. The van der Waals surface area contributed by atoms with Gasteiger partial charge in [0.15, 0.2) is 0 Å². The number of aryl methyl sites for hydroxylation is 1. The topological polar surface area (TPSA) is 45.7 Å². The largest absolute Gasteiger partial charge is 0.461 e. The maximum Gasteiger partial charge on any atom is 0.136 e. The zero-order chi connectivity index (χ0) is 10.1. The highest BCUT2D eigenvalue weighted by molar-refractivity contribution is 5.76. The Balaban J connectivity index is 3.05. The number of fused-ring (bicyclic) bond motifs is 1. The molecule has 0 saturated carbocycles. The fraction of sp³-hybridized carbons (Fsp3) is 0.182. The zero-order valence-corrected chi connectivity index (χ0v) is 8.11. The van der Waals surface area contributed by atoms with Gasteiger partial charge < -0.3 is 9.62 Å². The van der Waals surface area contributed by atoms with Gasteiger partial charge in [0.05, 0.1) is 0 Å². The molecular weight excluding hydrogens is 178 g/mol. The van der Waals surface area contributed by atoms with Crippen LogP contribution >= 0.6 is 0 Å². The van der Waals surface area contributed by atoms with Gasteiger partial charge in [-0.05, 0) is 26.0 Å². The van der Waals surface area contributed by atoms with E-state index in [9.17, 15) is 0 Å². The van der Waals surface area contributed by atoms with Crippen molar-refractivity contribution in [1.29, 1.82) is 0 Å². The van der Waals surface area contributed by atoms with E-state index in [1.54, 1.807) is 0 Å². The lowest BCUT2D eigenvalue weighted by Crippen LogP contribution is -2.09. The minimum absolute atomic E-state index is 0.587. The Morgan fingerprint density at radius 1 is 1.21 bits per heavy atom. The minimum Gasteiger partial charge on any atom is -0.461 e. The van der Waals surface area contributed by atoms with Crippen molar-refractivity contribution in [2.75, 3.05) is 0 Å². The lowest BCUT2D eigenvalue weighted by atomic mass is 10.1. The molecule has 0 bridgehead atoms. The van der Waals surface area contributed by atoms with Crippen LogP contribution in [-0.4, -0.2) is 5.21 Å². The van der Waals surface area contributed by atoms with Gasteiger partial charge in [0.1, 0.15) is 16.7 Å². The van der Waals surface area contributed by atoms with Crippen molar-refractivity contribution in [3.05, 3.63) is 40.9 Å². The second kappa shape index (κ2) is 3.18. The summed E-state index contributed by atoms with van der Waals surface area (Å²) in [6.45, 7) is 3.73. The van der Waals surface area contributed by atoms with Crippen molar-refractivity contribution in [3.63, 3.8) is 0 Å². The van der Waals surface area contributed by atoms with Gasteiger partial charge in [-0.1, -0.05) is 17.3 Å². The van der Waals surface area contributed by atoms with E-state index >= 15 is 0 Å². The van der Waals surface area contributed by atoms with E-state index in [2.05, 4.69) is 5.16 Å². The third-order valence-corrected chi connectivity index (χ3v) is 2.39. The van der Waals surface area contributed by atoms with Crippen LogP contribution in [0.25, 0.3) is 11.0 Å². The molecule has 3 heteroatoms. The lowest BCUT2D eigenvalue weighted by molar-refractivity contribution is 0.301. The molecule has 0 radical (unpaired) electrons. The number of nitrogens with zero attached hydrogens (tertiary/aromatic N) is 1. The summed E-state index contributed by atoms with van der Waals surface area (Å²) in [4.78, 5) is 0. The Kier molecular flexibility index (Phi) is 2.00. The summed E-state index contributed by atoms with van der Waals surface area (Å²) in [6.07, 6.45) is 0. The van der Waals surface area contributed by atoms with Crippen LogP contribution in [0.15, 0.2) is 33.8 Å². The normalized spacial score (nSPS) is 12.3.